The van der Waals surface area contributed by atoms with Gasteiger partial charge in [0.15, 0.2) is 0 Å². The van der Waals surface area contributed by atoms with Crippen molar-refractivity contribution in [2.24, 2.45) is 5.92 Å². The number of carbonyl (C=O) groups excluding carboxylic acids is 1. The van der Waals surface area contributed by atoms with Gasteiger partial charge in [-0.05, 0) is 67.0 Å². The highest BCUT2D eigenvalue weighted by Crippen LogP contribution is 2.36. The summed E-state index contributed by atoms with van der Waals surface area (Å²) in [4.78, 5) is 19.4. The summed E-state index contributed by atoms with van der Waals surface area (Å²) >= 11 is 13.2. The number of halogens is 2. The molecule has 5 nitrogen and oxygen atoms in total. The molecule has 0 bridgehead atoms. The second kappa shape index (κ2) is 8.05. The molecule has 0 unspecified atom stereocenters. The zero-order valence-corrected chi connectivity index (χ0v) is 18.0. The Morgan fingerprint density at radius 2 is 2.00 bits per heavy atom. The minimum atomic E-state index is -0.0741. The molecule has 1 amide bonds. The third kappa shape index (κ3) is 3.61. The Hall–Kier alpha value is -2.37. The maximum Gasteiger partial charge on any atom is 0.226 e. The van der Waals surface area contributed by atoms with E-state index < -0.39 is 0 Å². The zero-order valence-electron chi connectivity index (χ0n) is 16.4. The van der Waals surface area contributed by atoms with Crippen LogP contribution in [0.15, 0.2) is 42.9 Å². The molecule has 7 heteroatoms. The fraction of sp³-hybridized carbons (Fsp3) is 0.348. The van der Waals surface area contributed by atoms with Crippen LogP contribution in [0.3, 0.4) is 0 Å². The van der Waals surface area contributed by atoms with E-state index in [1.54, 1.807) is 12.4 Å². The molecule has 154 valence electrons. The van der Waals surface area contributed by atoms with Crippen molar-refractivity contribution in [1.82, 2.24) is 20.1 Å². The monoisotopic (exact) mass is 440 g/mol. The Balaban J connectivity index is 1.31. The lowest BCUT2D eigenvalue weighted by molar-refractivity contribution is -0.133. The minimum Gasteiger partial charge on any atom is -0.339 e. The molecule has 2 aromatic heterocycles. The number of benzene rings is 1. The minimum absolute atomic E-state index is 0.0741. The number of carbonyl (C=O) groups is 1. The van der Waals surface area contributed by atoms with E-state index in [1.807, 2.05) is 30.5 Å². The molecule has 1 saturated heterocycles. The number of nitrogens with zero attached hydrogens (tertiary/aromatic N) is 3. The average Bonchev–Trinajstić information content (AvgIpc) is 3.37. The standard InChI is InChI=1S/C23H22Cl2N4O/c24-20-10-16(15-2-1-6-26-12-15)11-21(25)19(20)9-14-5-7-29(23(14)30)18-3-4-22-17(8-18)13-27-28-22/h1-2,6,10-14,18H,3-5,7-9H2,(H,27,28)/t14-,18-/m0/s1. The number of amides is 1. The van der Waals surface area contributed by atoms with Gasteiger partial charge in [0.25, 0.3) is 0 Å². The van der Waals surface area contributed by atoms with Crippen LogP contribution in [0, 0.1) is 5.92 Å². The number of aromatic amines is 1. The van der Waals surface area contributed by atoms with Gasteiger partial charge in [0.2, 0.25) is 5.91 Å². The number of aryl methyl sites for hydroxylation is 1. The van der Waals surface area contributed by atoms with Gasteiger partial charge in [0.05, 0.1) is 5.69 Å². The number of likely N-dealkylation sites (tertiary alicyclic amines) is 1. The number of hydrogen-bond acceptors (Lipinski definition) is 3. The molecule has 3 aromatic rings. The molecule has 2 aliphatic rings. The first-order valence-electron chi connectivity index (χ1n) is 10.3. The van der Waals surface area contributed by atoms with Crippen LogP contribution in [0.25, 0.3) is 11.1 Å². The normalized spacial score (nSPS) is 21.1. The van der Waals surface area contributed by atoms with Crippen LogP contribution in [-0.2, 0) is 24.1 Å². The molecule has 1 aliphatic carbocycles. The molecule has 0 spiro atoms. The molecule has 1 aliphatic heterocycles. The Morgan fingerprint density at radius 3 is 2.77 bits per heavy atom. The van der Waals surface area contributed by atoms with Crippen LogP contribution in [0.2, 0.25) is 10.0 Å². The molecule has 30 heavy (non-hydrogen) atoms. The summed E-state index contributed by atoms with van der Waals surface area (Å²) in [6, 6.07) is 7.94. The number of rotatable bonds is 4. The number of H-pyrrole nitrogens is 1. The smallest absolute Gasteiger partial charge is 0.226 e. The second-order valence-corrected chi connectivity index (χ2v) is 8.95. The van der Waals surface area contributed by atoms with E-state index in [9.17, 15) is 4.79 Å². The van der Waals surface area contributed by atoms with Crippen molar-refractivity contribution in [2.45, 2.75) is 38.1 Å². The van der Waals surface area contributed by atoms with Crippen molar-refractivity contribution in [3.8, 4) is 11.1 Å². The molecule has 2 atom stereocenters. The fourth-order valence-electron chi connectivity index (χ4n) is 4.72. The van der Waals surface area contributed by atoms with Gasteiger partial charge in [-0.1, -0.05) is 29.3 Å². The SMILES string of the molecule is O=C1[C@H](Cc2c(Cl)cc(-c3cccnc3)cc2Cl)CCN1[C@H]1CCc2n[nH]cc2C1. The molecular weight excluding hydrogens is 419 g/mol. The van der Waals surface area contributed by atoms with Crippen molar-refractivity contribution in [3.63, 3.8) is 0 Å². The molecule has 0 saturated carbocycles. The quantitative estimate of drug-likeness (QED) is 0.637. The van der Waals surface area contributed by atoms with Crippen LogP contribution in [0.1, 0.15) is 29.7 Å². The summed E-state index contributed by atoms with van der Waals surface area (Å²) in [7, 11) is 0. The molecule has 0 radical (unpaired) electrons. The molecule has 1 N–H and O–H groups in total. The fourth-order valence-corrected chi connectivity index (χ4v) is 5.36. The average molecular weight is 441 g/mol. The van der Waals surface area contributed by atoms with Gasteiger partial charge in [-0.2, -0.15) is 5.10 Å². The van der Waals surface area contributed by atoms with E-state index in [2.05, 4.69) is 20.1 Å². The highest BCUT2D eigenvalue weighted by molar-refractivity contribution is 6.36. The zero-order chi connectivity index (χ0) is 20.7. The summed E-state index contributed by atoms with van der Waals surface area (Å²) in [5, 5.41) is 8.45. The second-order valence-electron chi connectivity index (χ2n) is 8.14. The first kappa shape index (κ1) is 19.6. The summed E-state index contributed by atoms with van der Waals surface area (Å²) in [6.45, 7) is 0.796. The molecular formula is C23H22Cl2N4O. The summed E-state index contributed by atoms with van der Waals surface area (Å²) in [6.07, 6.45) is 9.67. The lowest BCUT2D eigenvalue weighted by Crippen LogP contribution is -2.41. The molecule has 1 fully saturated rings. The van der Waals surface area contributed by atoms with E-state index in [0.717, 1.165) is 54.6 Å². The van der Waals surface area contributed by atoms with Crippen molar-refractivity contribution in [3.05, 3.63) is 69.7 Å². The third-order valence-corrected chi connectivity index (χ3v) is 7.03. The predicted octanol–water partition coefficient (Wildman–Crippen LogP) is 4.73. The number of pyridine rings is 1. The van der Waals surface area contributed by atoms with Gasteiger partial charge >= 0.3 is 0 Å². The molecule has 3 heterocycles. The van der Waals surface area contributed by atoms with Gasteiger partial charge in [-0.25, -0.2) is 0 Å². The maximum atomic E-state index is 13.2. The van der Waals surface area contributed by atoms with Gasteiger partial charge in [-0.3, -0.25) is 14.9 Å². The van der Waals surface area contributed by atoms with Gasteiger partial charge < -0.3 is 4.90 Å². The van der Waals surface area contributed by atoms with Crippen molar-refractivity contribution < 1.29 is 4.79 Å². The van der Waals surface area contributed by atoms with Gasteiger partial charge in [0.1, 0.15) is 0 Å². The third-order valence-electron chi connectivity index (χ3n) is 6.36. The Bertz CT molecular complexity index is 1060. The maximum absolute atomic E-state index is 13.2. The predicted molar refractivity (Wildman–Crippen MR) is 118 cm³/mol. The van der Waals surface area contributed by atoms with Crippen molar-refractivity contribution >= 4 is 29.1 Å². The number of aromatic nitrogens is 3. The van der Waals surface area contributed by atoms with Crippen LogP contribution < -0.4 is 0 Å². The van der Waals surface area contributed by atoms with E-state index in [1.165, 1.54) is 5.56 Å². The Morgan fingerprint density at radius 1 is 1.17 bits per heavy atom. The number of nitrogens with one attached hydrogen (secondary N) is 1. The van der Waals surface area contributed by atoms with Gasteiger partial charge in [0, 0.05) is 52.7 Å². The van der Waals surface area contributed by atoms with Crippen LogP contribution in [0.5, 0.6) is 0 Å². The number of fused-ring (bicyclic) bond motifs is 1. The topological polar surface area (TPSA) is 61.9 Å². The van der Waals surface area contributed by atoms with E-state index in [4.69, 9.17) is 23.2 Å². The van der Waals surface area contributed by atoms with Crippen LogP contribution in [-0.4, -0.2) is 38.6 Å². The molecule has 1 aromatic carbocycles. The first-order chi connectivity index (χ1) is 14.6. The lowest BCUT2D eigenvalue weighted by atomic mass is 9.92. The molecule has 5 rings (SSSR count). The highest BCUT2D eigenvalue weighted by atomic mass is 35.5. The van der Waals surface area contributed by atoms with Crippen molar-refractivity contribution in [1.29, 1.82) is 0 Å². The largest absolute Gasteiger partial charge is 0.339 e. The summed E-state index contributed by atoms with van der Waals surface area (Å²) < 4.78 is 0. The van der Waals surface area contributed by atoms with E-state index in [-0.39, 0.29) is 17.9 Å². The first-order valence-corrected chi connectivity index (χ1v) is 11.1. The summed E-state index contributed by atoms with van der Waals surface area (Å²) in [5.74, 6) is 0.144. The highest BCUT2D eigenvalue weighted by Gasteiger charge is 2.38. The van der Waals surface area contributed by atoms with Gasteiger partial charge in [-0.15, -0.1) is 0 Å². The van der Waals surface area contributed by atoms with E-state index in [0.29, 0.717) is 16.5 Å². The Labute approximate surface area is 185 Å². The number of hydrogen-bond donors (Lipinski definition) is 1. The van der Waals surface area contributed by atoms with Crippen LogP contribution >= 0.6 is 23.2 Å². The van der Waals surface area contributed by atoms with Crippen LogP contribution in [0.4, 0.5) is 0 Å². The lowest BCUT2D eigenvalue weighted by Gasteiger charge is -2.31. The van der Waals surface area contributed by atoms with Crippen molar-refractivity contribution in [2.75, 3.05) is 6.54 Å². The van der Waals surface area contributed by atoms with E-state index >= 15 is 0 Å². The summed E-state index contributed by atoms with van der Waals surface area (Å²) in [5.41, 5.74) is 5.12. The Kier molecular flexibility index (Phi) is 5.25.